The lowest BCUT2D eigenvalue weighted by Crippen LogP contribution is -2.49. The Labute approximate surface area is 188 Å². The Hall–Kier alpha value is -2.75. The predicted octanol–water partition coefficient (Wildman–Crippen LogP) is 2.71. The van der Waals surface area contributed by atoms with E-state index in [9.17, 15) is 14.4 Å². The van der Waals surface area contributed by atoms with Crippen LogP contribution in [0.25, 0.3) is 0 Å². The average Bonchev–Trinajstić information content (AvgIpc) is 3.51. The molecule has 1 aliphatic heterocycles. The molecule has 0 aliphatic carbocycles. The van der Waals surface area contributed by atoms with E-state index in [0.29, 0.717) is 49.7 Å². The third-order valence-electron chi connectivity index (χ3n) is 5.57. The Balaban J connectivity index is 1.44. The molecule has 1 saturated heterocycles. The Morgan fingerprint density at radius 3 is 2.35 bits per heavy atom. The SMILES string of the molecule is Cc1c(C(N)=O)cc(C(=O)CN2CCN(C(=O)c3cccs3)CC2)n1Cc1cccs1. The highest BCUT2D eigenvalue weighted by molar-refractivity contribution is 7.12. The number of rotatable bonds is 7. The third kappa shape index (κ3) is 4.63. The Morgan fingerprint density at radius 2 is 1.74 bits per heavy atom. The molecular formula is C22H24N4O3S2. The van der Waals surface area contributed by atoms with Crippen LogP contribution in [-0.2, 0) is 6.54 Å². The van der Waals surface area contributed by atoms with Gasteiger partial charge in [0.25, 0.3) is 11.8 Å². The summed E-state index contributed by atoms with van der Waals surface area (Å²) in [5.74, 6) is -0.533. The van der Waals surface area contributed by atoms with Crippen LogP contribution in [0.1, 0.15) is 41.1 Å². The average molecular weight is 457 g/mol. The van der Waals surface area contributed by atoms with Crippen molar-refractivity contribution in [2.75, 3.05) is 32.7 Å². The van der Waals surface area contributed by atoms with Crippen molar-refractivity contribution in [2.24, 2.45) is 5.73 Å². The fraction of sp³-hybridized carbons (Fsp3) is 0.318. The number of thiophene rings is 2. The van der Waals surface area contributed by atoms with Gasteiger partial charge < -0.3 is 15.2 Å². The summed E-state index contributed by atoms with van der Waals surface area (Å²) in [7, 11) is 0. The summed E-state index contributed by atoms with van der Waals surface area (Å²) in [6.45, 7) is 5.04. The maximum atomic E-state index is 13.2. The Kier molecular flexibility index (Phi) is 6.35. The number of amides is 2. The van der Waals surface area contributed by atoms with Crippen molar-refractivity contribution in [3.8, 4) is 0 Å². The van der Waals surface area contributed by atoms with Gasteiger partial charge in [-0.1, -0.05) is 12.1 Å². The molecule has 31 heavy (non-hydrogen) atoms. The second kappa shape index (κ2) is 9.17. The van der Waals surface area contributed by atoms with E-state index in [4.69, 9.17) is 5.73 Å². The fourth-order valence-electron chi connectivity index (χ4n) is 3.84. The minimum absolute atomic E-state index is 0.0486. The number of carbonyl (C=O) groups excluding carboxylic acids is 3. The number of ketones is 1. The topological polar surface area (TPSA) is 88.6 Å². The van der Waals surface area contributed by atoms with Crippen molar-refractivity contribution in [1.29, 1.82) is 0 Å². The first-order valence-electron chi connectivity index (χ1n) is 10.0. The molecule has 0 atom stereocenters. The monoisotopic (exact) mass is 456 g/mol. The quantitative estimate of drug-likeness (QED) is 0.554. The van der Waals surface area contributed by atoms with Gasteiger partial charge in [-0.05, 0) is 35.9 Å². The minimum atomic E-state index is -0.530. The summed E-state index contributed by atoms with van der Waals surface area (Å²) in [4.78, 5) is 43.3. The second-order valence-corrected chi connectivity index (χ2v) is 9.51. The number of Topliss-reactive ketones (excluding diaryl/α,β-unsaturated/α-hetero) is 1. The molecule has 2 N–H and O–H groups in total. The van der Waals surface area contributed by atoms with Crippen LogP contribution < -0.4 is 5.73 Å². The van der Waals surface area contributed by atoms with Gasteiger partial charge in [-0.2, -0.15) is 0 Å². The third-order valence-corrected chi connectivity index (χ3v) is 7.29. The lowest BCUT2D eigenvalue weighted by Gasteiger charge is -2.34. The second-order valence-electron chi connectivity index (χ2n) is 7.53. The van der Waals surface area contributed by atoms with E-state index in [-0.39, 0.29) is 18.2 Å². The van der Waals surface area contributed by atoms with E-state index in [2.05, 4.69) is 4.90 Å². The van der Waals surface area contributed by atoms with Crippen LogP contribution in [0.5, 0.6) is 0 Å². The van der Waals surface area contributed by atoms with Crippen LogP contribution in [0, 0.1) is 6.92 Å². The lowest BCUT2D eigenvalue weighted by molar-refractivity contribution is 0.0627. The molecule has 0 unspecified atom stereocenters. The molecule has 0 bridgehead atoms. The van der Waals surface area contributed by atoms with Gasteiger partial charge in [-0.25, -0.2) is 0 Å². The fourth-order valence-corrected chi connectivity index (χ4v) is 5.22. The van der Waals surface area contributed by atoms with Gasteiger partial charge in [-0.15, -0.1) is 22.7 Å². The van der Waals surface area contributed by atoms with E-state index < -0.39 is 5.91 Å². The number of hydrogen-bond donors (Lipinski definition) is 1. The van der Waals surface area contributed by atoms with Crippen LogP contribution in [0.3, 0.4) is 0 Å². The molecule has 1 aliphatic rings. The highest BCUT2D eigenvalue weighted by atomic mass is 32.1. The van der Waals surface area contributed by atoms with Gasteiger partial charge in [0.2, 0.25) is 0 Å². The summed E-state index contributed by atoms with van der Waals surface area (Å²) in [6.07, 6.45) is 0. The maximum absolute atomic E-state index is 13.2. The van der Waals surface area contributed by atoms with Gasteiger partial charge in [-0.3, -0.25) is 19.3 Å². The van der Waals surface area contributed by atoms with E-state index in [1.165, 1.54) is 11.3 Å². The molecule has 3 aromatic heterocycles. The number of nitrogens with two attached hydrogens (primary N) is 1. The number of piperazine rings is 1. The number of nitrogens with zero attached hydrogens (tertiary/aromatic N) is 3. The molecule has 0 radical (unpaired) electrons. The van der Waals surface area contributed by atoms with Crippen molar-refractivity contribution in [3.05, 3.63) is 67.8 Å². The summed E-state index contributed by atoms with van der Waals surface area (Å²) in [5, 5.41) is 3.89. The smallest absolute Gasteiger partial charge is 0.264 e. The van der Waals surface area contributed by atoms with Crippen molar-refractivity contribution < 1.29 is 14.4 Å². The number of primary amides is 1. The highest BCUT2D eigenvalue weighted by Crippen LogP contribution is 2.21. The highest BCUT2D eigenvalue weighted by Gasteiger charge is 2.26. The van der Waals surface area contributed by atoms with Gasteiger partial charge in [0.15, 0.2) is 5.78 Å². The zero-order valence-corrected chi connectivity index (χ0v) is 18.9. The largest absolute Gasteiger partial charge is 0.366 e. The van der Waals surface area contributed by atoms with Crippen molar-refractivity contribution >= 4 is 40.3 Å². The molecule has 4 heterocycles. The molecule has 0 spiro atoms. The van der Waals surface area contributed by atoms with E-state index in [1.807, 2.05) is 51.4 Å². The standard InChI is InChI=1S/C22H24N4O3S2/c1-15-17(21(23)28)12-18(26(15)13-16-4-2-10-30-16)19(27)14-24-6-8-25(9-7-24)22(29)20-5-3-11-31-20/h2-5,10-12H,6-9,13-14H2,1H3,(H2,23,28). The normalized spacial score (nSPS) is 14.7. The zero-order valence-electron chi connectivity index (χ0n) is 17.2. The summed E-state index contributed by atoms with van der Waals surface area (Å²) < 4.78 is 1.88. The molecule has 2 amide bonds. The Bertz CT molecular complexity index is 1080. The molecule has 0 saturated carbocycles. The van der Waals surface area contributed by atoms with Crippen molar-refractivity contribution in [3.63, 3.8) is 0 Å². The van der Waals surface area contributed by atoms with Crippen LogP contribution in [-0.4, -0.2) is 64.7 Å². The molecule has 7 nitrogen and oxygen atoms in total. The molecule has 0 aromatic carbocycles. The summed E-state index contributed by atoms with van der Waals surface area (Å²) >= 11 is 3.05. The van der Waals surface area contributed by atoms with Crippen molar-refractivity contribution in [2.45, 2.75) is 13.5 Å². The Morgan fingerprint density at radius 1 is 1.03 bits per heavy atom. The van der Waals surface area contributed by atoms with E-state index >= 15 is 0 Å². The predicted molar refractivity (Wildman–Crippen MR) is 122 cm³/mol. The van der Waals surface area contributed by atoms with Gasteiger partial charge in [0.1, 0.15) is 0 Å². The van der Waals surface area contributed by atoms with Crippen molar-refractivity contribution in [1.82, 2.24) is 14.4 Å². The minimum Gasteiger partial charge on any atom is -0.366 e. The lowest BCUT2D eigenvalue weighted by atomic mass is 10.2. The van der Waals surface area contributed by atoms with Crippen LogP contribution in [0.4, 0.5) is 0 Å². The van der Waals surface area contributed by atoms with Gasteiger partial charge >= 0.3 is 0 Å². The summed E-state index contributed by atoms with van der Waals surface area (Å²) in [5.41, 5.74) is 7.11. The molecular weight excluding hydrogens is 432 g/mol. The van der Waals surface area contributed by atoms with E-state index in [1.54, 1.807) is 17.4 Å². The van der Waals surface area contributed by atoms with Gasteiger partial charge in [0, 0.05) is 36.8 Å². The molecule has 9 heteroatoms. The van der Waals surface area contributed by atoms with E-state index in [0.717, 1.165) is 9.75 Å². The maximum Gasteiger partial charge on any atom is 0.264 e. The first-order chi connectivity index (χ1) is 14.9. The zero-order chi connectivity index (χ0) is 22.0. The van der Waals surface area contributed by atoms with Crippen LogP contribution >= 0.6 is 22.7 Å². The molecule has 162 valence electrons. The number of hydrogen-bond acceptors (Lipinski definition) is 6. The first-order valence-corrected chi connectivity index (χ1v) is 11.8. The van der Waals surface area contributed by atoms with Crippen LogP contribution in [0.15, 0.2) is 41.1 Å². The summed E-state index contributed by atoms with van der Waals surface area (Å²) in [6, 6.07) is 9.30. The van der Waals surface area contributed by atoms with Crippen LogP contribution in [0.2, 0.25) is 0 Å². The molecule has 3 aromatic rings. The molecule has 1 fully saturated rings. The number of carbonyl (C=O) groups is 3. The van der Waals surface area contributed by atoms with Gasteiger partial charge in [0.05, 0.1) is 29.2 Å². The first kappa shape index (κ1) is 21.5. The molecule has 4 rings (SSSR count). The number of aromatic nitrogens is 1.